The van der Waals surface area contributed by atoms with Gasteiger partial charge in [-0.15, -0.1) is 0 Å². The monoisotopic (exact) mass is 296 g/mol. The SMILES string of the molecule is C=C(C)C(=O)OCCN(CC)CC.C=CN1CCCC1=O. The summed E-state index contributed by atoms with van der Waals surface area (Å²) in [6.07, 6.45) is 3.28. The van der Waals surface area contributed by atoms with Crippen LogP contribution in [0.5, 0.6) is 0 Å². The van der Waals surface area contributed by atoms with Gasteiger partial charge in [0.15, 0.2) is 0 Å². The summed E-state index contributed by atoms with van der Waals surface area (Å²) in [6, 6.07) is 0. The van der Waals surface area contributed by atoms with Crippen molar-refractivity contribution in [2.45, 2.75) is 33.6 Å². The molecule has 21 heavy (non-hydrogen) atoms. The summed E-state index contributed by atoms with van der Waals surface area (Å²) in [6.45, 7) is 16.9. The summed E-state index contributed by atoms with van der Waals surface area (Å²) in [4.78, 5) is 25.5. The first-order valence-electron chi connectivity index (χ1n) is 7.43. The number of hydrogen-bond donors (Lipinski definition) is 0. The topological polar surface area (TPSA) is 49.9 Å². The number of carbonyl (C=O) groups excluding carboxylic acids is 2. The summed E-state index contributed by atoms with van der Waals surface area (Å²) in [5.41, 5.74) is 0.458. The summed E-state index contributed by atoms with van der Waals surface area (Å²) in [5.74, 6) is -0.0906. The van der Waals surface area contributed by atoms with Gasteiger partial charge in [0.05, 0.1) is 0 Å². The quantitative estimate of drug-likeness (QED) is 0.534. The molecule has 1 amide bonds. The van der Waals surface area contributed by atoms with Crippen molar-refractivity contribution in [3.05, 3.63) is 24.9 Å². The van der Waals surface area contributed by atoms with Gasteiger partial charge in [-0.05, 0) is 32.6 Å². The Bertz CT molecular complexity index is 363. The van der Waals surface area contributed by atoms with Gasteiger partial charge in [0, 0.05) is 25.1 Å². The maximum absolute atomic E-state index is 11.0. The zero-order valence-corrected chi connectivity index (χ0v) is 13.6. The molecule has 1 fully saturated rings. The molecule has 0 spiro atoms. The number of ether oxygens (including phenoxy) is 1. The van der Waals surface area contributed by atoms with E-state index in [1.54, 1.807) is 18.0 Å². The van der Waals surface area contributed by atoms with Crippen LogP contribution in [0.2, 0.25) is 0 Å². The minimum Gasteiger partial charge on any atom is -0.461 e. The van der Waals surface area contributed by atoms with Crippen LogP contribution in [0.25, 0.3) is 0 Å². The second-order valence-corrected chi connectivity index (χ2v) is 4.82. The Labute approximate surface area is 128 Å². The highest BCUT2D eigenvalue weighted by molar-refractivity contribution is 5.86. The predicted octanol–water partition coefficient (Wildman–Crippen LogP) is 2.20. The Kier molecular flexibility index (Phi) is 10.2. The third-order valence-electron chi connectivity index (χ3n) is 3.21. The van der Waals surface area contributed by atoms with Crippen LogP contribution in [-0.2, 0) is 14.3 Å². The number of likely N-dealkylation sites (tertiary alicyclic amines) is 1. The molecular weight excluding hydrogens is 268 g/mol. The molecule has 1 aliphatic heterocycles. The number of amides is 1. The first kappa shape index (κ1) is 19.4. The second kappa shape index (κ2) is 11.1. The number of esters is 1. The van der Waals surface area contributed by atoms with E-state index < -0.39 is 0 Å². The summed E-state index contributed by atoms with van der Waals surface area (Å²) < 4.78 is 4.96. The highest BCUT2D eigenvalue weighted by Crippen LogP contribution is 2.08. The van der Waals surface area contributed by atoms with Crippen LogP contribution in [0.15, 0.2) is 24.9 Å². The van der Waals surface area contributed by atoms with Gasteiger partial charge in [-0.25, -0.2) is 4.79 Å². The largest absolute Gasteiger partial charge is 0.461 e. The molecule has 0 saturated carbocycles. The lowest BCUT2D eigenvalue weighted by atomic mass is 10.4. The molecule has 0 atom stereocenters. The molecule has 1 rings (SSSR count). The van der Waals surface area contributed by atoms with Crippen molar-refractivity contribution in [3.63, 3.8) is 0 Å². The van der Waals surface area contributed by atoms with Gasteiger partial charge in [0.25, 0.3) is 0 Å². The standard InChI is InChI=1S/C10H19NO2.C6H9NO/c1-5-11(6-2)7-8-13-10(12)9(3)4;1-2-7-5-3-4-6(7)8/h3,5-8H2,1-2,4H3;2H,1,3-5H2. The van der Waals surface area contributed by atoms with Crippen molar-refractivity contribution in [1.82, 2.24) is 9.80 Å². The molecule has 1 saturated heterocycles. The van der Waals surface area contributed by atoms with E-state index in [-0.39, 0.29) is 11.9 Å². The van der Waals surface area contributed by atoms with Crippen LogP contribution in [-0.4, -0.2) is 54.5 Å². The van der Waals surface area contributed by atoms with E-state index in [1.165, 1.54) is 0 Å². The Hall–Kier alpha value is -1.62. The van der Waals surface area contributed by atoms with Gasteiger partial charge in [-0.3, -0.25) is 4.79 Å². The molecule has 5 heteroatoms. The van der Waals surface area contributed by atoms with Crippen molar-refractivity contribution in [2.24, 2.45) is 0 Å². The van der Waals surface area contributed by atoms with Crippen molar-refractivity contribution in [1.29, 1.82) is 0 Å². The van der Waals surface area contributed by atoms with Gasteiger partial charge in [0.2, 0.25) is 5.91 Å². The van der Waals surface area contributed by atoms with Gasteiger partial charge in [-0.2, -0.15) is 0 Å². The van der Waals surface area contributed by atoms with Crippen LogP contribution >= 0.6 is 0 Å². The molecule has 0 N–H and O–H groups in total. The zero-order chi connectivity index (χ0) is 16.3. The fraction of sp³-hybridized carbons (Fsp3) is 0.625. The van der Waals surface area contributed by atoms with Gasteiger partial charge in [0.1, 0.15) is 6.61 Å². The van der Waals surface area contributed by atoms with Gasteiger partial charge >= 0.3 is 5.97 Å². The van der Waals surface area contributed by atoms with Gasteiger partial charge < -0.3 is 14.5 Å². The number of hydrogen-bond acceptors (Lipinski definition) is 4. The molecule has 0 aromatic rings. The summed E-state index contributed by atoms with van der Waals surface area (Å²) in [7, 11) is 0. The molecule has 5 nitrogen and oxygen atoms in total. The first-order valence-corrected chi connectivity index (χ1v) is 7.43. The van der Waals surface area contributed by atoms with Crippen LogP contribution in [0.4, 0.5) is 0 Å². The highest BCUT2D eigenvalue weighted by atomic mass is 16.5. The Morgan fingerprint density at radius 1 is 1.43 bits per heavy atom. The minimum absolute atomic E-state index is 0.208. The maximum atomic E-state index is 11.0. The average molecular weight is 296 g/mol. The second-order valence-electron chi connectivity index (χ2n) is 4.82. The molecule has 120 valence electrons. The van der Waals surface area contributed by atoms with E-state index in [0.717, 1.165) is 32.6 Å². The molecule has 0 aromatic carbocycles. The predicted molar refractivity (Wildman–Crippen MR) is 84.7 cm³/mol. The highest BCUT2D eigenvalue weighted by Gasteiger charge is 2.16. The van der Waals surface area contributed by atoms with E-state index in [0.29, 0.717) is 18.6 Å². The van der Waals surface area contributed by atoms with Crippen LogP contribution in [0.3, 0.4) is 0 Å². The fourth-order valence-corrected chi connectivity index (χ4v) is 1.79. The first-order chi connectivity index (χ1) is 9.96. The number of nitrogens with zero attached hydrogens (tertiary/aromatic N) is 2. The Morgan fingerprint density at radius 2 is 2.05 bits per heavy atom. The van der Waals surface area contributed by atoms with Crippen molar-refractivity contribution >= 4 is 11.9 Å². The molecule has 0 radical (unpaired) electrons. The zero-order valence-electron chi connectivity index (χ0n) is 13.6. The van der Waals surface area contributed by atoms with E-state index in [4.69, 9.17) is 4.74 Å². The fourth-order valence-electron chi connectivity index (χ4n) is 1.79. The minimum atomic E-state index is -0.299. The molecule has 1 aliphatic rings. The smallest absolute Gasteiger partial charge is 0.333 e. The van der Waals surface area contributed by atoms with E-state index in [9.17, 15) is 9.59 Å². The van der Waals surface area contributed by atoms with E-state index >= 15 is 0 Å². The molecule has 0 bridgehead atoms. The molecule has 0 aromatic heterocycles. The lowest BCUT2D eigenvalue weighted by molar-refractivity contribution is -0.139. The molecule has 0 aliphatic carbocycles. The summed E-state index contributed by atoms with van der Waals surface area (Å²) in [5, 5.41) is 0. The van der Waals surface area contributed by atoms with Crippen molar-refractivity contribution < 1.29 is 14.3 Å². The van der Waals surface area contributed by atoms with Crippen LogP contribution < -0.4 is 0 Å². The lowest BCUT2D eigenvalue weighted by Gasteiger charge is -2.17. The Balaban J connectivity index is 0.000000423. The van der Waals surface area contributed by atoms with E-state index in [2.05, 4.69) is 31.9 Å². The lowest BCUT2D eigenvalue weighted by Crippen LogP contribution is -2.27. The van der Waals surface area contributed by atoms with Crippen LogP contribution in [0, 0.1) is 0 Å². The Morgan fingerprint density at radius 3 is 2.38 bits per heavy atom. The number of rotatable bonds is 7. The van der Waals surface area contributed by atoms with Crippen LogP contribution in [0.1, 0.15) is 33.6 Å². The van der Waals surface area contributed by atoms with Crippen molar-refractivity contribution in [3.8, 4) is 0 Å². The van der Waals surface area contributed by atoms with Gasteiger partial charge in [-0.1, -0.05) is 27.0 Å². The summed E-state index contributed by atoms with van der Waals surface area (Å²) >= 11 is 0. The average Bonchev–Trinajstić information content (AvgIpc) is 2.89. The van der Waals surface area contributed by atoms with E-state index in [1.807, 2.05) is 0 Å². The normalized spacial score (nSPS) is 13.7. The number of carbonyl (C=O) groups is 2. The third kappa shape index (κ3) is 8.30. The molecule has 1 heterocycles. The van der Waals surface area contributed by atoms with Crippen molar-refractivity contribution in [2.75, 3.05) is 32.8 Å². The third-order valence-corrected chi connectivity index (χ3v) is 3.21. The number of likely N-dealkylation sites (N-methyl/N-ethyl adjacent to an activating group) is 1. The maximum Gasteiger partial charge on any atom is 0.333 e. The molecule has 0 unspecified atom stereocenters. The molecular formula is C16H28N2O3.